The largest absolute Gasteiger partial charge is 0.330 e. The van der Waals surface area contributed by atoms with Crippen molar-refractivity contribution >= 4 is 0 Å². The zero-order valence-electron chi connectivity index (χ0n) is 11.3. The quantitative estimate of drug-likeness (QED) is 0.788. The Kier molecular flexibility index (Phi) is 5.59. The summed E-state index contributed by atoms with van der Waals surface area (Å²) in [4.78, 5) is 6.53. The van der Waals surface area contributed by atoms with E-state index in [0.29, 0.717) is 0 Å². The fourth-order valence-corrected chi connectivity index (χ4v) is 1.95. The molecule has 0 fully saturated rings. The van der Waals surface area contributed by atoms with Gasteiger partial charge in [0.1, 0.15) is 0 Å². The molecule has 3 nitrogen and oxygen atoms in total. The molecule has 17 heavy (non-hydrogen) atoms. The summed E-state index contributed by atoms with van der Waals surface area (Å²) in [5.41, 5.74) is 7.31. The van der Waals surface area contributed by atoms with Crippen LogP contribution in [0.2, 0.25) is 0 Å². The molecule has 0 aliphatic rings. The van der Waals surface area contributed by atoms with Crippen LogP contribution >= 0.6 is 0 Å². The SMILES string of the molecule is CCCN(Cc1ccncc1)CC(C)(C)CN. The first-order valence-electron chi connectivity index (χ1n) is 6.39. The molecule has 0 bridgehead atoms. The highest BCUT2D eigenvalue weighted by molar-refractivity contribution is 5.09. The minimum atomic E-state index is 0.183. The first-order valence-corrected chi connectivity index (χ1v) is 6.39. The van der Waals surface area contributed by atoms with Gasteiger partial charge in [-0.25, -0.2) is 0 Å². The van der Waals surface area contributed by atoms with Crippen molar-refractivity contribution in [2.45, 2.75) is 33.7 Å². The topological polar surface area (TPSA) is 42.2 Å². The second-order valence-corrected chi connectivity index (χ2v) is 5.43. The van der Waals surface area contributed by atoms with E-state index in [2.05, 4.69) is 42.8 Å². The molecular weight excluding hydrogens is 210 g/mol. The molecule has 1 heterocycles. The number of hydrogen-bond donors (Lipinski definition) is 1. The van der Waals surface area contributed by atoms with Crippen LogP contribution in [0.1, 0.15) is 32.8 Å². The number of nitrogens with zero attached hydrogens (tertiary/aromatic N) is 2. The molecule has 1 rings (SSSR count). The van der Waals surface area contributed by atoms with Crippen LogP contribution in [0.4, 0.5) is 0 Å². The highest BCUT2D eigenvalue weighted by Crippen LogP contribution is 2.17. The summed E-state index contributed by atoms with van der Waals surface area (Å²) in [6, 6.07) is 4.16. The van der Waals surface area contributed by atoms with Gasteiger partial charge in [-0.2, -0.15) is 0 Å². The third-order valence-electron chi connectivity index (χ3n) is 2.90. The van der Waals surface area contributed by atoms with Gasteiger partial charge in [0, 0.05) is 25.5 Å². The minimum Gasteiger partial charge on any atom is -0.330 e. The van der Waals surface area contributed by atoms with Crippen molar-refractivity contribution in [2.24, 2.45) is 11.1 Å². The maximum atomic E-state index is 5.81. The molecular formula is C14H25N3. The maximum Gasteiger partial charge on any atom is 0.0271 e. The number of pyridine rings is 1. The Morgan fingerprint density at radius 3 is 2.47 bits per heavy atom. The first-order chi connectivity index (χ1) is 8.07. The fourth-order valence-electron chi connectivity index (χ4n) is 1.95. The van der Waals surface area contributed by atoms with E-state index in [1.54, 1.807) is 0 Å². The molecule has 1 aromatic heterocycles. The van der Waals surface area contributed by atoms with Crippen molar-refractivity contribution in [1.82, 2.24) is 9.88 Å². The van der Waals surface area contributed by atoms with Gasteiger partial charge < -0.3 is 5.73 Å². The van der Waals surface area contributed by atoms with Crippen molar-refractivity contribution < 1.29 is 0 Å². The molecule has 0 aromatic carbocycles. The fraction of sp³-hybridized carbons (Fsp3) is 0.643. The molecule has 0 aliphatic carbocycles. The molecule has 0 amide bonds. The Hall–Kier alpha value is -0.930. The van der Waals surface area contributed by atoms with E-state index >= 15 is 0 Å². The highest BCUT2D eigenvalue weighted by Gasteiger charge is 2.19. The smallest absolute Gasteiger partial charge is 0.0271 e. The maximum absolute atomic E-state index is 5.81. The van der Waals surface area contributed by atoms with E-state index in [9.17, 15) is 0 Å². The third kappa shape index (κ3) is 5.29. The normalized spacial score (nSPS) is 12.1. The van der Waals surface area contributed by atoms with Crippen LogP contribution in [0, 0.1) is 5.41 Å². The molecule has 1 aromatic rings. The number of nitrogens with two attached hydrogens (primary N) is 1. The molecule has 3 heteroatoms. The zero-order chi connectivity index (χ0) is 12.7. The van der Waals surface area contributed by atoms with Gasteiger partial charge in [-0.05, 0) is 42.6 Å². The van der Waals surface area contributed by atoms with Gasteiger partial charge >= 0.3 is 0 Å². The number of aromatic nitrogens is 1. The third-order valence-corrected chi connectivity index (χ3v) is 2.90. The average molecular weight is 235 g/mol. The molecule has 0 spiro atoms. The molecule has 96 valence electrons. The average Bonchev–Trinajstić information content (AvgIpc) is 2.30. The van der Waals surface area contributed by atoms with Crippen molar-refractivity contribution in [3.63, 3.8) is 0 Å². The van der Waals surface area contributed by atoms with Gasteiger partial charge in [-0.3, -0.25) is 9.88 Å². The molecule has 0 unspecified atom stereocenters. The van der Waals surface area contributed by atoms with E-state index in [4.69, 9.17) is 5.73 Å². The Morgan fingerprint density at radius 1 is 1.29 bits per heavy atom. The standard InChI is InChI=1S/C14H25N3/c1-4-9-17(12-14(2,3)11-15)10-13-5-7-16-8-6-13/h5-8H,4,9-12,15H2,1-3H3. The molecule has 2 N–H and O–H groups in total. The second kappa shape index (κ2) is 6.72. The van der Waals surface area contributed by atoms with Crippen molar-refractivity contribution in [3.05, 3.63) is 30.1 Å². The highest BCUT2D eigenvalue weighted by atomic mass is 15.1. The van der Waals surface area contributed by atoms with Crippen LogP contribution in [-0.2, 0) is 6.54 Å². The summed E-state index contributed by atoms with van der Waals surface area (Å²) in [7, 11) is 0. The van der Waals surface area contributed by atoms with Gasteiger partial charge in [0.05, 0.1) is 0 Å². The summed E-state index contributed by atoms with van der Waals surface area (Å²) in [6.45, 7) is 10.5. The summed E-state index contributed by atoms with van der Waals surface area (Å²) >= 11 is 0. The van der Waals surface area contributed by atoms with Gasteiger partial charge in [0.15, 0.2) is 0 Å². The van der Waals surface area contributed by atoms with Crippen LogP contribution in [0.5, 0.6) is 0 Å². The summed E-state index contributed by atoms with van der Waals surface area (Å²) in [6.07, 6.45) is 4.88. The van der Waals surface area contributed by atoms with E-state index < -0.39 is 0 Å². The lowest BCUT2D eigenvalue weighted by Gasteiger charge is -2.31. The van der Waals surface area contributed by atoms with Crippen molar-refractivity contribution in [2.75, 3.05) is 19.6 Å². The molecule has 0 radical (unpaired) electrons. The van der Waals surface area contributed by atoms with E-state index in [0.717, 1.165) is 26.2 Å². The van der Waals surface area contributed by atoms with E-state index in [1.165, 1.54) is 12.0 Å². The Bertz CT molecular complexity index is 309. The Balaban J connectivity index is 2.60. The summed E-state index contributed by atoms with van der Waals surface area (Å²) in [5.74, 6) is 0. The van der Waals surface area contributed by atoms with Gasteiger partial charge in [0.25, 0.3) is 0 Å². The van der Waals surface area contributed by atoms with Gasteiger partial charge in [-0.1, -0.05) is 20.8 Å². The number of hydrogen-bond acceptors (Lipinski definition) is 3. The first kappa shape index (κ1) is 14.1. The summed E-state index contributed by atoms with van der Waals surface area (Å²) < 4.78 is 0. The van der Waals surface area contributed by atoms with E-state index in [-0.39, 0.29) is 5.41 Å². The molecule has 0 atom stereocenters. The van der Waals surface area contributed by atoms with Crippen LogP contribution in [0.15, 0.2) is 24.5 Å². The Labute approximate surface area is 105 Å². The second-order valence-electron chi connectivity index (χ2n) is 5.43. The number of rotatable bonds is 7. The lowest BCUT2D eigenvalue weighted by molar-refractivity contribution is 0.176. The van der Waals surface area contributed by atoms with E-state index in [1.807, 2.05) is 12.4 Å². The van der Waals surface area contributed by atoms with Crippen LogP contribution in [0.25, 0.3) is 0 Å². The minimum absolute atomic E-state index is 0.183. The lowest BCUT2D eigenvalue weighted by Crippen LogP contribution is -2.38. The molecule has 0 aliphatic heterocycles. The zero-order valence-corrected chi connectivity index (χ0v) is 11.3. The van der Waals surface area contributed by atoms with Crippen LogP contribution < -0.4 is 5.73 Å². The predicted octanol–water partition coefficient (Wildman–Crippen LogP) is 2.28. The molecule has 0 saturated carbocycles. The van der Waals surface area contributed by atoms with Crippen molar-refractivity contribution in [3.8, 4) is 0 Å². The lowest BCUT2D eigenvalue weighted by atomic mass is 9.93. The monoisotopic (exact) mass is 235 g/mol. The Morgan fingerprint density at radius 2 is 1.94 bits per heavy atom. The van der Waals surface area contributed by atoms with Crippen LogP contribution in [0.3, 0.4) is 0 Å². The van der Waals surface area contributed by atoms with Gasteiger partial charge in [-0.15, -0.1) is 0 Å². The van der Waals surface area contributed by atoms with Crippen LogP contribution in [-0.4, -0.2) is 29.5 Å². The molecule has 0 saturated heterocycles. The van der Waals surface area contributed by atoms with Crippen molar-refractivity contribution in [1.29, 1.82) is 0 Å². The van der Waals surface area contributed by atoms with Gasteiger partial charge in [0.2, 0.25) is 0 Å². The summed E-state index contributed by atoms with van der Waals surface area (Å²) in [5, 5.41) is 0. The predicted molar refractivity (Wildman–Crippen MR) is 72.6 cm³/mol.